The Bertz CT molecular complexity index is 1690. The number of benzene rings is 1. The number of thiazole rings is 1. The predicted molar refractivity (Wildman–Crippen MR) is 162 cm³/mol. The van der Waals surface area contributed by atoms with Crippen molar-refractivity contribution in [3.05, 3.63) is 89.3 Å². The minimum absolute atomic E-state index is 0.309. The number of fused-ring (bicyclic) bond motifs is 1. The molecule has 11 nitrogen and oxygen atoms in total. The number of ether oxygens (including phenoxy) is 4. The quantitative estimate of drug-likeness (QED) is 0.250. The summed E-state index contributed by atoms with van der Waals surface area (Å²) in [5.74, 6) is 0. The van der Waals surface area contributed by atoms with Crippen molar-refractivity contribution < 1.29 is 18.9 Å². The second kappa shape index (κ2) is 12.3. The molecule has 0 saturated carbocycles. The maximum Gasteiger partial charge on any atom is 0.184 e. The van der Waals surface area contributed by atoms with Gasteiger partial charge in [-0.15, -0.1) is 16.4 Å². The fraction of sp³-hybridized carbons (Fsp3) is 0.276. The van der Waals surface area contributed by atoms with Crippen molar-refractivity contribution in [2.45, 2.75) is 41.0 Å². The molecule has 2 N–H and O–H groups in total. The number of thioether (sulfide) groups is 1. The molecule has 3 unspecified atom stereocenters. The average Bonchev–Trinajstić information content (AvgIpc) is 3.70. The van der Waals surface area contributed by atoms with Gasteiger partial charge in [-0.05, 0) is 18.2 Å². The van der Waals surface area contributed by atoms with Gasteiger partial charge in [-0.3, -0.25) is 9.97 Å². The van der Waals surface area contributed by atoms with Gasteiger partial charge in [-0.1, -0.05) is 58.9 Å². The van der Waals surface area contributed by atoms with Gasteiger partial charge in [0.15, 0.2) is 11.4 Å². The van der Waals surface area contributed by atoms with Gasteiger partial charge < -0.3 is 24.7 Å². The van der Waals surface area contributed by atoms with Crippen molar-refractivity contribution in [1.29, 1.82) is 0 Å². The molecule has 0 aliphatic carbocycles. The Morgan fingerprint density at radius 1 is 1.12 bits per heavy atom. The van der Waals surface area contributed by atoms with Gasteiger partial charge in [0.2, 0.25) is 0 Å². The third-order valence-corrected chi connectivity index (χ3v) is 9.33. The van der Waals surface area contributed by atoms with E-state index in [0.29, 0.717) is 28.1 Å². The lowest BCUT2D eigenvalue weighted by molar-refractivity contribution is -0.308. The third kappa shape index (κ3) is 5.77. The minimum Gasteiger partial charge on any atom is -0.375 e. The van der Waals surface area contributed by atoms with Crippen LogP contribution in [0.5, 0.6) is 0 Å². The van der Waals surface area contributed by atoms with E-state index in [-0.39, 0.29) is 0 Å². The van der Waals surface area contributed by atoms with Gasteiger partial charge in [0, 0.05) is 47.1 Å². The summed E-state index contributed by atoms with van der Waals surface area (Å²) in [5, 5.41) is 11.8. The molecule has 1 aromatic carbocycles. The largest absolute Gasteiger partial charge is 0.375 e. The molecule has 0 bridgehead atoms. The number of hydrogen-bond acceptors (Lipinski definition) is 12. The minimum atomic E-state index is -0.577. The molecule has 43 heavy (non-hydrogen) atoms. The normalized spacial score (nSPS) is 25.3. The fourth-order valence-electron chi connectivity index (χ4n) is 5.30. The Kier molecular flexibility index (Phi) is 8.10. The van der Waals surface area contributed by atoms with Crippen LogP contribution < -0.4 is 5.73 Å². The van der Waals surface area contributed by atoms with E-state index in [9.17, 15) is 0 Å². The second-order valence-corrected chi connectivity index (χ2v) is 12.4. The SMILES string of the molecule is COC1[C@@H](Sc2cc(Cl)cnc2-c2ccncc2)OC2COC(c3ccccc3)O[C@@H]2[C@@H]1n1cc(-c2csc(N)n2)nn1. The molecule has 2 saturated heterocycles. The van der Waals surface area contributed by atoms with Gasteiger partial charge in [-0.25, -0.2) is 9.67 Å². The first kappa shape index (κ1) is 28.3. The summed E-state index contributed by atoms with van der Waals surface area (Å²) in [7, 11) is 1.65. The molecule has 2 aliphatic heterocycles. The molecule has 14 heteroatoms. The van der Waals surface area contributed by atoms with Gasteiger partial charge >= 0.3 is 0 Å². The number of anilines is 1. The summed E-state index contributed by atoms with van der Waals surface area (Å²) in [6.45, 7) is 0.309. The number of aromatic nitrogens is 6. The lowest BCUT2D eigenvalue weighted by Crippen LogP contribution is -2.59. The Hall–Kier alpha value is -3.43. The summed E-state index contributed by atoms with van der Waals surface area (Å²) in [5.41, 5.74) is 9.22. The fourth-order valence-corrected chi connectivity index (χ4v) is 7.41. The highest BCUT2D eigenvalue weighted by Crippen LogP contribution is 2.46. The van der Waals surface area contributed by atoms with E-state index in [4.69, 9.17) is 36.3 Å². The Labute approximate surface area is 260 Å². The topological polar surface area (TPSA) is 132 Å². The van der Waals surface area contributed by atoms with E-state index >= 15 is 0 Å². The number of halogens is 1. The summed E-state index contributed by atoms with van der Waals surface area (Å²) >= 11 is 9.25. The van der Waals surface area contributed by atoms with E-state index in [2.05, 4.69) is 25.3 Å². The number of nitrogens with two attached hydrogens (primary N) is 1. The number of pyridine rings is 2. The van der Waals surface area contributed by atoms with Crippen LogP contribution in [0.1, 0.15) is 17.9 Å². The van der Waals surface area contributed by atoms with Gasteiger partial charge in [0.25, 0.3) is 0 Å². The van der Waals surface area contributed by atoms with Crippen LogP contribution in [0.15, 0.2) is 83.6 Å². The Morgan fingerprint density at radius 3 is 2.72 bits per heavy atom. The van der Waals surface area contributed by atoms with Crippen molar-refractivity contribution in [2.75, 3.05) is 19.5 Å². The zero-order chi connectivity index (χ0) is 29.3. The first-order valence-corrected chi connectivity index (χ1v) is 15.6. The summed E-state index contributed by atoms with van der Waals surface area (Å²) in [6, 6.07) is 15.1. The monoisotopic (exact) mass is 635 g/mol. The zero-order valence-electron chi connectivity index (χ0n) is 22.8. The molecule has 0 amide bonds. The molecular weight excluding hydrogens is 610 g/mol. The lowest BCUT2D eigenvalue weighted by Gasteiger charge is -2.48. The standard InChI is InChI=1S/C29H26ClN7O4S2/c1-38-26-24(37-13-19(35-36-37)20-15-42-29(31)34-20)25-21(14-39-27(41-25)17-5-3-2-4-6-17)40-28(26)43-22-11-18(30)12-33-23(22)16-7-9-32-10-8-16/h2-13,15,21,24-28H,14H2,1H3,(H2,31,34)/t21?,24-,25-,26?,27?,28+/m0/s1. The predicted octanol–water partition coefficient (Wildman–Crippen LogP) is 5.28. The first-order chi connectivity index (χ1) is 21.1. The molecule has 6 heterocycles. The van der Waals surface area contributed by atoms with Crippen LogP contribution in [0.3, 0.4) is 0 Å². The van der Waals surface area contributed by atoms with Crippen molar-refractivity contribution in [2.24, 2.45) is 0 Å². The van der Waals surface area contributed by atoms with Crippen molar-refractivity contribution in [3.8, 4) is 22.6 Å². The first-order valence-electron chi connectivity index (χ1n) is 13.4. The summed E-state index contributed by atoms with van der Waals surface area (Å²) in [6.07, 6.45) is 4.95. The summed E-state index contributed by atoms with van der Waals surface area (Å²) in [4.78, 5) is 14.0. The highest BCUT2D eigenvalue weighted by molar-refractivity contribution is 8.00. The van der Waals surface area contributed by atoms with E-state index in [1.54, 1.807) is 30.4 Å². The van der Waals surface area contributed by atoms with Crippen LogP contribution in [0.4, 0.5) is 5.13 Å². The molecule has 220 valence electrons. The van der Waals surface area contributed by atoms with Crippen LogP contribution in [-0.2, 0) is 18.9 Å². The van der Waals surface area contributed by atoms with Gasteiger partial charge in [0.1, 0.15) is 41.2 Å². The van der Waals surface area contributed by atoms with Crippen molar-refractivity contribution >= 4 is 39.8 Å². The molecule has 4 aromatic heterocycles. The van der Waals surface area contributed by atoms with Crippen LogP contribution in [0, 0.1) is 0 Å². The molecule has 0 radical (unpaired) electrons. The molecule has 7 rings (SSSR count). The molecule has 2 fully saturated rings. The maximum absolute atomic E-state index is 6.68. The van der Waals surface area contributed by atoms with Gasteiger partial charge in [-0.2, -0.15) is 0 Å². The number of rotatable bonds is 7. The van der Waals surface area contributed by atoms with Crippen LogP contribution in [-0.4, -0.2) is 67.4 Å². The molecule has 5 aromatic rings. The smallest absolute Gasteiger partial charge is 0.184 e. The average molecular weight is 636 g/mol. The van der Waals surface area contributed by atoms with E-state index in [1.807, 2.05) is 60.1 Å². The number of methoxy groups -OCH3 is 1. The van der Waals surface area contributed by atoms with Crippen LogP contribution in [0.25, 0.3) is 22.6 Å². The van der Waals surface area contributed by atoms with E-state index in [1.165, 1.54) is 23.1 Å². The Morgan fingerprint density at radius 2 is 1.95 bits per heavy atom. The van der Waals surface area contributed by atoms with Crippen LogP contribution >= 0.6 is 34.7 Å². The van der Waals surface area contributed by atoms with E-state index < -0.39 is 36.1 Å². The molecular formula is C29H26ClN7O4S2. The number of nitrogens with zero attached hydrogens (tertiary/aromatic N) is 6. The number of nitrogen functional groups attached to an aromatic ring is 1. The molecule has 2 aliphatic rings. The third-order valence-electron chi connectivity index (χ3n) is 7.27. The van der Waals surface area contributed by atoms with Crippen molar-refractivity contribution in [1.82, 2.24) is 29.9 Å². The highest BCUT2D eigenvalue weighted by atomic mass is 35.5. The zero-order valence-corrected chi connectivity index (χ0v) is 25.2. The van der Waals surface area contributed by atoms with E-state index in [0.717, 1.165) is 21.7 Å². The Balaban J connectivity index is 1.26. The van der Waals surface area contributed by atoms with Crippen LogP contribution in [0.2, 0.25) is 5.02 Å². The molecule has 0 spiro atoms. The van der Waals surface area contributed by atoms with Crippen molar-refractivity contribution in [3.63, 3.8) is 0 Å². The summed E-state index contributed by atoms with van der Waals surface area (Å²) < 4.78 is 27.4. The highest BCUT2D eigenvalue weighted by Gasteiger charge is 2.52. The molecule has 6 atom stereocenters. The maximum atomic E-state index is 6.68. The second-order valence-electron chi connectivity index (χ2n) is 9.92. The number of hydrogen-bond donors (Lipinski definition) is 1. The van der Waals surface area contributed by atoms with Gasteiger partial charge in [0.05, 0.1) is 23.5 Å². The lowest BCUT2D eigenvalue weighted by atomic mass is 9.95.